The van der Waals surface area contributed by atoms with Gasteiger partial charge >= 0.3 is 0 Å². The number of benzene rings is 3. The van der Waals surface area contributed by atoms with Crippen molar-refractivity contribution in [2.24, 2.45) is 0 Å². The van der Waals surface area contributed by atoms with Gasteiger partial charge in [0, 0.05) is 48.5 Å². The van der Waals surface area contributed by atoms with Gasteiger partial charge in [0.25, 0.3) is 5.91 Å². The topological polar surface area (TPSA) is 89.8 Å². The van der Waals surface area contributed by atoms with E-state index in [4.69, 9.17) is 13.9 Å². The SMILES string of the molecule is CNC(=O)c1c(-c2ccc(F)cc2)oc2cc(NCCCOCCOCc3cccc(C(C)=O)c3)c(C3CC3)cc12.CS.S. The predicted molar refractivity (Wildman–Crippen MR) is 182 cm³/mol. The van der Waals surface area contributed by atoms with Crippen molar-refractivity contribution in [2.75, 3.05) is 45.0 Å². The molecule has 1 fully saturated rings. The predicted octanol–water partition coefficient (Wildman–Crippen LogP) is 7.37. The van der Waals surface area contributed by atoms with E-state index in [9.17, 15) is 14.0 Å². The van der Waals surface area contributed by atoms with Gasteiger partial charge in [-0.3, -0.25) is 9.59 Å². The van der Waals surface area contributed by atoms with E-state index in [0.29, 0.717) is 60.4 Å². The molecule has 1 aliphatic rings. The van der Waals surface area contributed by atoms with Crippen LogP contribution in [0.25, 0.3) is 22.3 Å². The highest BCUT2D eigenvalue weighted by molar-refractivity contribution is 7.79. The third kappa shape index (κ3) is 9.11. The van der Waals surface area contributed by atoms with Crippen LogP contribution in [-0.2, 0) is 16.1 Å². The molecule has 7 nitrogen and oxygen atoms in total. The summed E-state index contributed by atoms with van der Waals surface area (Å²) in [6.07, 6.45) is 4.73. The van der Waals surface area contributed by atoms with Crippen molar-refractivity contribution in [3.8, 4) is 11.3 Å². The number of hydrogen-bond donors (Lipinski definition) is 3. The highest BCUT2D eigenvalue weighted by Gasteiger charge is 2.29. The fourth-order valence-corrected chi connectivity index (χ4v) is 4.89. The van der Waals surface area contributed by atoms with Crippen molar-refractivity contribution in [3.05, 3.63) is 88.7 Å². The Morgan fingerprint density at radius 2 is 1.73 bits per heavy atom. The Kier molecular flexibility index (Phi) is 13.8. The molecule has 4 aromatic rings. The molecule has 44 heavy (non-hydrogen) atoms. The lowest BCUT2D eigenvalue weighted by Crippen LogP contribution is -2.18. The summed E-state index contributed by atoms with van der Waals surface area (Å²) < 4.78 is 31.2. The number of amides is 1. The van der Waals surface area contributed by atoms with E-state index in [0.717, 1.165) is 42.4 Å². The molecule has 5 rings (SSSR count). The summed E-state index contributed by atoms with van der Waals surface area (Å²) in [6, 6.07) is 17.5. The molecule has 0 bridgehead atoms. The summed E-state index contributed by atoms with van der Waals surface area (Å²) in [6.45, 7) is 4.27. The first-order valence-corrected chi connectivity index (χ1v) is 15.4. The van der Waals surface area contributed by atoms with Crippen LogP contribution < -0.4 is 10.6 Å². The van der Waals surface area contributed by atoms with Gasteiger partial charge < -0.3 is 24.5 Å². The maximum Gasteiger partial charge on any atom is 0.255 e. The molecular weight excluding hydrogens is 600 g/mol. The highest BCUT2D eigenvalue weighted by atomic mass is 32.1. The standard InChI is InChI=1S/C33H35FN2O5.CH4S.H2S/c1-21(37)25-6-3-5-22(17-25)20-40-16-15-39-14-4-13-36-29-19-30-28(18-27(29)23-7-8-23)31(33(38)35-2)32(41-30)24-9-11-26(34)12-10-24;1-2;/h3,5-6,9-12,17-19,23,36H,4,7-8,13-16,20H2,1-2H3,(H,35,38);2H,1H3;1H2. The highest BCUT2D eigenvalue weighted by Crippen LogP contribution is 2.46. The van der Waals surface area contributed by atoms with E-state index in [1.807, 2.05) is 24.3 Å². The van der Waals surface area contributed by atoms with Crippen molar-refractivity contribution in [2.45, 2.75) is 38.7 Å². The molecule has 2 N–H and O–H groups in total. The van der Waals surface area contributed by atoms with Crippen LogP contribution in [0.15, 0.2) is 65.1 Å². The van der Waals surface area contributed by atoms with Gasteiger partial charge in [0.05, 0.1) is 25.4 Å². The molecule has 0 saturated heterocycles. The van der Waals surface area contributed by atoms with E-state index in [-0.39, 0.29) is 31.0 Å². The number of hydrogen-bond acceptors (Lipinski definition) is 7. The molecule has 1 amide bonds. The molecule has 236 valence electrons. The van der Waals surface area contributed by atoms with E-state index in [1.54, 1.807) is 38.4 Å². The summed E-state index contributed by atoms with van der Waals surface area (Å²) >= 11 is 3.53. The number of ether oxygens (including phenoxy) is 2. The van der Waals surface area contributed by atoms with Gasteiger partial charge in [0.1, 0.15) is 17.2 Å². The summed E-state index contributed by atoms with van der Waals surface area (Å²) in [4.78, 5) is 24.4. The lowest BCUT2D eigenvalue weighted by molar-refractivity contribution is 0.0405. The molecule has 0 spiro atoms. The number of nitrogens with one attached hydrogen (secondary N) is 2. The number of fused-ring (bicyclic) bond motifs is 1. The maximum atomic E-state index is 13.5. The van der Waals surface area contributed by atoms with Crippen molar-refractivity contribution in [3.63, 3.8) is 0 Å². The maximum absolute atomic E-state index is 13.5. The Bertz CT molecular complexity index is 1540. The van der Waals surface area contributed by atoms with E-state index in [2.05, 4.69) is 29.3 Å². The summed E-state index contributed by atoms with van der Waals surface area (Å²) in [5, 5.41) is 7.01. The second-order valence-corrected chi connectivity index (χ2v) is 10.3. The second kappa shape index (κ2) is 17.2. The molecule has 10 heteroatoms. The lowest BCUT2D eigenvalue weighted by Gasteiger charge is -2.12. The number of thiol groups is 1. The van der Waals surface area contributed by atoms with Crippen LogP contribution in [-0.4, -0.2) is 51.4 Å². The number of anilines is 1. The molecule has 3 aromatic carbocycles. The zero-order valence-electron chi connectivity index (χ0n) is 25.4. The fraction of sp³-hybridized carbons (Fsp3) is 0.353. The number of Topliss-reactive ketones (excluding diaryl/α,β-unsaturated/α-hetero) is 1. The van der Waals surface area contributed by atoms with Gasteiger partial charge in [-0.1, -0.05) is 18.2 Å². The number of ketones is 1. The van der Waals surface area contributed by atoms with Crippen LogP contribution >= 0.6 is 26.1 Å². The van der Waals surface area contributed by atoms with Gasteiger partial charge in [-0.05, 0) is 85.9 Å². The van der Waals surface area contributed by atoms with Gasteiger partial charge in [0.2, 0.25) is 0 Å². The zero-order valence-corrected chi connectivity index (χ0v) is 27.3. The van der Waals surface area contributed by atoms with Gasteiger partial charge in [0.15, 0.2) is 5.78 Å². The largest absolute Gasteiger partial charge is 0.455 e. The number of carbonyl (C=O) groups excluding carboxylic acids is 2. The van der Waals surface area contributed by atoms with Crippen LogP contribution in [0, 0.1) is 5.82 Å². The van der Waals surface area contributed by atoms with Gasteiger partial charge in [-0.2, -0.15) is 26.1 Å². The molecule has 0 atom stereocenters. The molecule has 1 aromatic heterocycles. The first-order valence-electron chi connectivity index (χ1n) is 14.5. The lowest BCUT2D eigenvalue weighted by atomic mass is 10.0. The van der Waals surface area contributed by atoms with Crippen molar-refractivity contribution in [1.82, 2.24) is 5.32 Å². The van der Waals surface area contributed by atoms with Gasteiger partial charge in [-0.25, -0.2) is 4.39 Å². The normalized spacial score (nSPS) is 12.2. The van der Waals surface area contributed by atoms with Gasteiger partial charge in [-0.15, -0.1) is 0 Å². The average Bonchev–Trinajstić information content (AvgIpc) is 3.81. The fourth-order valence-electron chi connectivity index (χ4n) is 4.89. The quantitative estimate of drug-likeness (QED) is 0.0758. The molecule has 1 aliphatic carbocycles. The van der Waals surface area contributed by atoms with Crippen LogP contribution in [0.5, 0.6) is 0 Å². The molecule has 1 saturated carbocycles. The summed E-state index contributed by atoms with van der Waals surface area (Å²) in [5.41, 5.74) is 5.55. The van der Waals surface area contributed by atoms with Crippen LogP contribution in [0.1, 0.15) is 63.9 Å². The van der Waals surface area contributed by atoms with Crippen LogP contribution in [0.3, 0.4) is 0 Å². The zero-order chi connectivity index (χ0) is 30.8. The van der Waals surface area contributed by atoms with Crippen LogP contribution in [0.2, 0.25) is 0 Å². The third-order valence-corrected chi connectivity index (χ3v) is 7.19. The first kappa shape index (κ1) is 35.2. The molecule has 1 heterocycles. The van der Waals surface area contributed by atoms with Crippen LogP contribution in [0.4, 0.5) is 10.1 Å². The Hall–Kier alpha value is -3.31. The number of furan rings is 1. The second-order valence-electron chi connectivity index (χ2n) is 10.3. The summed E-state index contributed by atoms with van der Waals surface area (Å²) in [5.74, 6) is 0.340. The molecule has 0 aliphatic heterocycles. The monoisotopic (exact) mass is 640 g/mol. The molecular formula is C34H41FN2O5S2. The van der Waals surface area contributed by atoms with Crippen molar-refractivity contribution >= 4 is 54.5 Å². The number of halogens is 1. The Balaban J connectivity index is 0.00000173. The molecule has 0 unspecified atom stereocenters. The minimum absolute atomic E-state index is 0. The Morgan fingerprint density at radius 3 is 2.41 bits per heavy atom. The van der Waals surface area contributed by atoms with E-state index in [1.165, 1.54) is 17.7 Å². The average molecular weight is 641 g/mol. The smallest absolute Gasteiger partial charge is 0.255 e. The van der Waals surface area contributed by atoms with Crippen molar-refractivity contribution in [1.29, 1.82) is 0 Å². The first-order chi connectivity index (χ1) is 20.9. The van der Waals surface area contributed by atoms with E-state index < -0.39 is 0 Å². The number of rotatable bonds is 14. The third-order valence-electron chi connectivity index (χ3n) is 7.19. The Morgan fingerprint density at radius 1 is 1.00 bits per heavy atom. The minimum atomic E-state index is -0.346. The van der Waals surface area contributed by atoms with Crippen molar-refractivity contribution < 1.29 is 27.9 Å². The summed E-state index contributed by atoms with van der Waals surface area (Å²) in [7, 11) is 1.59. The van der Waals surface area contributed by atoms with E-state index >= 15 is 0 Å². The number of carbonyl (C=O) groups is 2. The molecule has 0 radical (unpaired) electrons. The minimum Gasteiger partial charge on any atom is -0.455 e. The Labute approximate surface area is 270 Å².